The molecule has 0 radical (unpaired) electrons. The van der Waals surface area contributed by atoms with Crippen molar-refractivity contribution in [3.8, 4) is 0 Å². The summed E-state index contributed by atoms with van der Waals surface area (Å²) in [7, 11) is 2.94. The zero-order chi connectivity index (χ0) is 12.7. The summed E-state index contributed by atoms with van der Waals surface area (Å²) in [5, 5.41) is 0.327. The number of amides is 1. The van der Waals surface area contributed by atoms with Gasteiger partial charge in [0.15, 0.2) is 0 Å². The van der Waals surface area contributed by atoms with Crippen LogP contribution >= 0.6 is 0 Å². The first-order valence-electron chi connectivity index (χ1n) is 4.97. The number of aromatic amines is 1. The molecule has 7 heteroatoms. The monoisotopic (exact) mass is 236 g/mol. The molecule has 0 bridgehead atoms. The lowest BCUT2D eigenvalue weighted by Gasteiger charge is -2.03. The van der Waals surface area contributed by atoms with Gasteiger partial charge in [0.1, 0.15) is 5.65 Å². The number of primary amides is 1. The molecule has 2 rings (SSSR count). The van der Waals surface area contributed by atoms with E-state index in [1.54, 1.807) is 7.05 Å². The van der Waals surface area contributed by atoms with Crippen molar-refractivity contribution in [1.82, 2.24) is 14.1 Å². The lowest BCUT2D eigenvalue weighted by molar-refractivity contribution is -0.117. The molecule has 2 aromatic rings. The minimum atomic E-state index is -0.526. The van der Waals surface area contributed by atoms with Crippen molar-refractivity contribution in [2.75, 3.05) is 0 Å². The van der Waals surface area contributed by atoms with Gasteiger partial charge in [-0.3, -0.25) is 18.7 Å². The van der Waals surface area contributed by atoms with Gasteiger partial charge < -0.3 is 10.7 Å². The molecule has 0 atom stereocenters. The third-order valence-electron chi connectivity index (χ3n) is 2.73. The summed E-state index contributed by atoms with van der Waals surface area (Å²) >= 11 is 0. The lowest BCUT2D eigenvalue weighted by Crippen LogP contribution is -2.37. The second kappa shape index (κ2) is 3.62. The molecule has 0 saturated carbocycles. The highest BCUT2D eigenvalue weighted by atomic mass is 16.2. The van der Waals surface area contributed by atoms with Crippen molar-refractivity contribution in [3.05, 3.63) is 32.6 Å². The van der Waals surface area contributed by atoms with Gasteiger partial charge in [-0.15, -0.1) is 0 Å². The van der Waals surface area contributed by atoms with Crippen LogP contribution in [0.3, 0.4) is 0 Å². The number of fused-ring (bicyclic) bond motifs is 1. The molecule has 0 unspecified atom stereocenters. The first-order valence-corrected chi connectivity index (χ1v) is 4.97. The van der Waals surface area contributed by atoms with Crippen LogP contribution < -0.4 is 17.0 Å². The van der Waals surface area contributed by atoms with E-state index in [1.165, 1.54) is 17.8 Å². The Morgan fingerprint density at radius 3 is 2.59 bits per heavy atom. The predicted molar refractivity (Wildman–Crippen MR) is 61.7 cm³/mol. The first kappa shape index (κ1) is 11.2. The Morgan fingerprint density at radius 2 is 2.00 bits per heavy atom. The first-order chi connectivity index (χ1) is 7.93. The summed E-state index contributed by atoms with van der Waals surface area (Å²) in [5.41, 5.74) is 5.15. The number of carbonyl (C=O) groups excluding carboxylic acids is 1. The molecule has 0 saturated heterocycles. The third kappa shape index (κ3) is 1.55. The van der Waals surface area contributed by atoms with Crippen LogP contribution in [0.1, 0.15) is 5.56 Å². The fourth-order valence-electron chi connectivity index (χ4n) is 1.86. The molecule has 1 amide bonds. The van der Waals surface area contributed by atoms with Crippen molar-refractivity contribution in [2.45, 2.75) is 6.42 Å². The Balaban J connectivity index is 2.90. The largest absolute Gasteiger partial charge is 0.369 e. The van der Waals surface area contributed by atoms with Crippen molar-refractivity contribution in [1.29, 1.82) is 0 Å². The number of carbonyl (C=O) groups is 1. The Bertz CT molecular complexity index is 719. The average molecular weight is 236 g/mol. The molecular formula is C10H12N4O3. The molecule has 7 nitrogen and oxygen atoms in total. The summed E-state index contributed by atoms with van der Waals surface area (Å²) in [4.78, 5) is 37.3. The number of nitrogens with zero attached hydrogens (tertiary/aromatic N) is 2. The van der Waals surface area contributed by atoms with Gasteiger partial charge >= 0.3 is 5.69 Å². The van der Waals surface area contributed by atoms with Gasteiger partial charge in [0.2, 0.25) is 5.91 Å². The molecule has 2 aromatic heterocycles. The van der Waals surface area contributed by atoms with E-state index in [1.807, 2.05) is 0 Å². The summed E-state index contributed by atoms with van der Waals surface area (Å²) in [5.74, 6) is -0.526. The summed E-state index contributed by atoms with van der Waals surface area (Å²) in [6.07, 6.45) is 1.49. The normalized spacial score (nSPS) is 10.9. The zero-order valence-electron chi connectivity index (χ0n) is 9.48. The van der Waals surface area contributed by atoms with Crippen molar-refractivity contribution < 1.29 is 4.79 Å². The number of aromatic nitrogens is 3. The molecule has 0 fully saturated rings. The Hall–Kier alpha value is -2.31. The molecular weight excluding hydrogens is 224 g/mol. The lowest BCUT2D eigenvalue weighted by atomic mass is 10.2. The van der Waals surface area contributed by atoms with Crippen LogP contribution in [0.4, 0.5) is 0 Å². The fourth-order valence-corrected chi connectivity index (χ4v) is 1.86. The van der Waals surface area contributed by atoms with E-state index in [2.05, 4.69) is 4.98 Å². The van der Waals surface area contributed by atoms with Gasteiger partial charge in [-0.05, 0) is 5.56 Å². The van der Waals surface area contributed by atoms with E-state index in [0.717, 1.165) is 4.57 Å². The maximum Gasteiger partial charge on any atom is 0.332 e. The highest BCUT2D eigenvalue weighted by Gasteiger charge is 2.15. The minimum Gasteiger partial charge on any atom is -0.369 e. The minimum absolute atomic E-state index is 0.0343. The zero-order valence-corrected chi connectivity index (χ0v) is 9.48. The van der Waals surface area contributed by atoms with Crippen LogP contribution in [-0.2, 0) is 25.3 Å². The number of hydrogen-bond donors (Lipinski definition) is 2. The third-order valence-corrected chi connectivity index (χ3v) is 2.73. The molecule has 0 spiro atoms. The van der Waals surface area contributed by atoms with E-state index in [-0.39, 0.29) is 6.42 Å². The van der Waals surface area contributed by atoms with Gasteiger partial charge in [-0.2, -0.15) is 0 Å². The molecule has 0 aliphatic heterocycles. The summed E-state index contributed by atoms with van der Waals surface area (Å²) in [6, 6.07) is 0. The topological polar surface area (TPSA) is 103 Å². The second-order valence-electron chi connectivity index (χ2n) is 3.89. The van der Waals surface area contributed by atoms with Gasteiger partial charge in [-0.1, -0.05) is 0 Å². The maximum atomic E-state index is 11.9. The SMILES string of the molecule is Cn1c(=O)c2c(CC(N)=O)c[nH]c2n(C)c1=O. The summed E-state index contributed by atoms with van der Waals surface area (Å²) < 4.78 is 2.32. The number of hydrogen-bond acceptors (Lipinski definition) is 3. The van der Waals surface area contributed by atoms with Crippen molar-refractivity contribution in [2.24, 2.45) is 19.8 Å². The van der Waals surface area contributed by atoms with Gasteiger partial charge in [-0.25, -0.2) is 4.79 Å². The Morgan fingerprint density at radius 1 is 1.35 bits per heavy atom. The Kier molecular flexibility index (Phi) is 2.38. The average Bonchev–Trinajstić information content (AvgIpc) is 2.66. The quantitative estimate of drug-likeness (QED) is 0.669. The molecule has 17 heavy (non-hydrogen) atoms. The van der Waals surface area contributed by atoms with Crippen LogP contribution in [0.5, 0.6) is 0 Å². The molecule has 2 heterocycles. The fraction of sp³-hybridized carbons (Fsp3) is 0.300. The molecule has 0 aromatic carbocycles. The number of rotatable bonds is 2. The van der Waals surface area contributed by atoms with Gasteiger partial charge in [0.25, 0.3) is 5.56 Å². The van der Waals surface area contributed by atoms with Crippen LogP contribution in [0.2, 0.25) is 0 Å². The smallest absolute Gasteiger partial charge is 0.332 e. The predicted octanol–water partition coefficient (Wildman–Crippen LogP) is -1.41. The highest BCUT2D eigenvalue weighted by molar-refractivity contribution is 5.86. The van der Waals surface area contributed by atoms with Crippen LogP contribution in [0, 0.1) is 0 Å². The van der Waals surface area contributed by atoms with E-state index < -0.39 is 17.2 Å². The van der Waals surface area contributed by atoms with Gasteiger partial charge in [0, 0.05) is 20.3 Å². The second-order valence-corrected chi connectivity index (χ2v) is 3.89. The number of nitrogens with two attached hydrogens (primary N) is 1. The van der Waals surface area contributed by atoms with E-state index in [4.69, 9.17) is 5.73 Å². The molecule has 90 valence electrons. The van der Waals surface area contributed by atoms with Crippen molar-refractivity contribution in [3.63, 3.8) is 0 Å². The van der Waals surface area contributed by atoms with Crippen molar-refractivity contribution >= 4 is 16.9 Å². The van der Waals surface area contributed by atoms with Crippen LogP contribution in [0.15, 0.2) is 15.8 Å². The molecule has 3 N–H and O–H groups in total. The van der Waals surface area contributed by atoms with Crippen LogP contribution in [-0.4, -0.2) is 20.0 Å². The molecule has 0 aliphatic carbocycles. The van der Waals surface area contributed by atoms with Crippen LogP contribution in [0.25, 0.3) is 11.0 Å². The highest BCUT2D eigenvalue weighted by Crippen LogP contribution is 2.12. The number of nitrogens with one attached hydrogen (secondary N) is 1. The maximum absolute atomic E-state index is 11.9. The van der Waals surface area contributed by atoms with E-state index >= 15 is 0 Å². The Labute approximate surface area is 95.5 Å². The molecule has 0 aliphatic rings. The van der Waals surface area contributed by atoms with E-state index in [0.29, 0.717) is 16.6 Å². The number of aryl methyl sites for hydroxylation is 1. The van der Waals surface area contributed by atoms with Gasteiger partial charge in [0.05, 0.1) is 11.8 Å². The standard InChI is InChI=1S/C10H12N4O3/c1-13-8-7(9(16)14(2)10(13)17)5(4-12-8)3-6(11)15/h4,12H,3H2,1-2H3,(H2,11,15). The van der Waals surface area contributed by atoms with E-state index in [9.17, 15) is 14.4 Å². The number of H-pyrrole nitrogens is 1. The summed E-state index contributed by atoms with van der Waals surface area (Å²) in [6.45, 7) is 0.